The number of hydrogen-bond donors (Lipinski definition) is 2. The number of aryl methyl sites for hydroxylation is 2. The Balaban J connectivity index is 2.18. The Hall–Kier alpha value is -2.11. The summed E-state index contributed by atoms with van der Waals surface area (Å²) < 4.78 is 4.79. The number of esters is 1. The van der Waals surface area contributed by atoms with E-state index in [1.807, 2.05) is 6.07 Å². The van der Waals surface area contributed by atoms with E-state index in [1.54, 1.807) is 0 Å². The van der Waals surface area contributed by atoms with E-state index in [4.69, 9.17) is 4.74 Å². The van der Waals surface area contributed by atoms with Crippen LogP contribution in [0.5, 0.6) is 0 Å². The molecule has 2 aromatic heterocycles. The predicted octanol–water partition coefficient (Wildman–Crippen LogP) is 3.83. The summed E-state index contributed by atoms with van der Waals surface area (Å²) in [7, 11) is 1.38. The van der Waals surface area contributed by atoms with Gasteiger partial charge in [0, 0.05) is 12.0 Å². The van der Waals surface area contributed by atoms with Crippen LogP contribution in [-0.2, 0) is 11.2 Å². The monoisotopic (exact) mass is 329 g/mol. The minimum Gasteiger partial charge on any atom is -0.465 e. The second-order valence-electron chi connectivity index (χ2n) is 5.67. The fourth-order valence-corrected chi connectivity index (χ4v) is 3.98. The molecule has 3 aromatic rings. The van der Waals surface area contributed by atoms with Gasteiger partial charge in [-0.05, 0) is 49.6 Å². The number of benzene rings is 1. The molecular weight excluding hydrogens is 310 g/mol. The van der Waals surface area contributed by atoms with E-state index in [2.05, 4.69) is 37.0 Å². The molecule has 0 atom stereocenters. The van der Waals surface area contributed by atoms with Gasteiger partial charge in [-0.3, -0.25) is 0 Å². The zero-order valence-corrected chi connectivity index (χ0v) is 14.2. The molecule has 0 aliphatic carbocycles. The van der Waals surface area contributed by atoms with Crippen LogP contribution in [0, 0.1) is 13.8 Å². The van der Waals surface area contributed by atoms with E-state index in [9.17, 15) is 9.90 Å². The summed E-state index contributed by atoms with van der Waals surface area (Å²) in [5.74, 6) is -0.331. The zero-order chi connectivity index (χ0) is 16.6. The Kier molecular flexibility index (Phi) is 4.24. The number of H-pyrrole nitrogens is 1. The number of hydrogen-bond acceptors (Lipinski definition) is 4. The van der Waals surface area contributed by atoms with Gasteiger partial charge < -0.3 is 14.8 Å². The van der Waals surface area contributed by atoms with Crippen molar-refractivity contribution in [3.05, 3.63) is 45.8 Å². The average molecular weight is 329 g/mol. The molecule has 0 aliphatic heterocycles. The molecule has 0 bridgehead atoms. The van der Waals surface area contributed by atoms with Gasteiger partial charge in [0.05, 0.1) is 12.8 Å². The van der Waals surface area contributed by atoms with Gasteiger partial charge in [0.2, 0.25) is 0 Å². The maximum atomic E-state index is 11.7. The van der Waals surface area contributed by atoms with Crippen molar-refractivity contribution in [1.82, 2.24) is 4.98 Å². The van der Waals surface area contributed by atoms with Crippen LogP contribution in [0.15, 0.2) is 24.3 Å². The number of aromatic amines is 1. The smallest absolute Gasteiger partial charge is 0.348 e. The third-order valence-corrected chi connectivity index (χ3v) is 4.89. The summed E-state index contributed by atoms with van der Waals surface area (Å²) >= 11 is 1.38. The van der Waals surface area contributed by atoms with Crippen LogP contribution in [0.4, 0.5) is 0 Å². The summed E-state index contributed by atoms with van der Waals surface area (Å²) in [6.45, 7) is 4.21. The highest BCUT2D eigenvalue weighted by Crippen LogP contribution is 2.36. The van der Waals surface area contributed by atoms with Crippen molar-refractivity contribution in [2.24, 2.45) is 0 Å². The number of ether oxygens (including phenoxy) is 1. The van der Waals surface area contributed by atoms with Crippen molar-refractivity contribution in [2.75, 3.05) is 13.7 Å². The van der Waals surface area contributed by atoms with Gasteiger partial charge in [-0.1, -0.05) is 17.2 Å². The van der Waals surface area contributed by atoms with Crippen LogP contribution < -0.4 is 0 Å². The van der Waals surface area contributed by atoms with Crippen molar-refractivity contribution >= 4 is 27.5 Å². The van der Waals surface area contributed by atoms with E-state index in [1.165, 1.54) is 29.6 Å². The highest BCUT2D eigenvalue weighted by molar-refractivity contribution is 7.20. The number of methoxy groups -OCH3 is 1. The van der Waals surface area contributed by atoms with Gasteiger partial charge in [0.25, 0.3) is 0 Å². The van der Waals surface area contributed by atoms with Gasteiger partial charge in [0.15, 0.2) is 0 Å². The molecule has 0 saturated carbocycles. The Morgan fingerprint density at radius 2 is 1.91 bits per heavy atom. The highest BCUT2D eigenvalue weighted by Gasteiger charge is 2.18. The van der Waals surface area contributed by atoms with Crippen LogP contribution in [-0.4, -0.2) is 29.8 Å². The van der Waals surface area contributed by atoms with Crippen molar-refractivity contribution in [1.29, 1.82) is 0 Å². The summed E-state index contributed by atoms with van der Waals surface area (Å²) in [6, 6.07) is 8.24. The molecule has 23 heavy (non-hydrogen) atoms. The van der Waals surface area contributed by atoms with Crippen molar-refractivity contribution < 1.29 is 14.6 Å². The Bertz CT molecular complexity index is 856. The van der Waals surface area contributed by atoms with Crippen LogP contribution in [0.1, 0.15) is 26.4 Å². The first-order chi connectivity index (χ1) is 11.0. The topological polar surface area (TPSA) is 62.3 Å². The van der Waals surface area contributed by atoms with Crippen LogP contribution in [0.25, 0.3) is 21.5 Å². The molecule has 2 N–H and O–H groups in total. The predicted molar refractivity (Wildman–Crippen MR) is 93.2 cm³/mol. The third kappa shape index (κ3) is 2.90. The molecule has 0 radical (unpaired) electrons. The normalized spacial score (nSPS) is 11.1. The maximum absolute atomic E-state index is 11.7. The lowest BCUT2D eigenvalue weighted by molar-refractivity contribution is 0.0606. The molecule has 1 aromatic carbocycles. The first kappa shape index (κ1) is 15.8. The first-order valence-corrected chi connectivity index (χ1v) is 8.27. The van der Waals surface area contributed by atoms with E-state index in [0.29, 0.717) is 11.3 Å². The molecule has 0 saturated heterocycles. The molecule has 0 unspecified atom stereocenters. The molecule has 0 amide bonds. The molecule has 5 heteroatoms. The summed E-state index contributed by atoms with van der Waals surface area (Å²) in [5, 5.41) is 10.4. The molecule has 120 valence electrons. The lowest BCUT2D eigenvalue weighted by atomic mass is 10.0. The first-order valence-electron chi connectivity index (χ1n) is 7.45. The number of aliphatic hydroxyl groups excluding tert-OH is 1. The van der Waals surface area contributed by atoms with Gasteiger partial charge in [0.1, 0.15) is 9.71 Å². The largest absolute Gasteiger partial charge is 0.465 e. The number of thiophene rings is 1. The van der Waals surface area contributed by atoms with Crippen molar-refractivity contribution in [2.45, 2.75) is 20.3 Å². The number of carbonyl (C=O) groups is 1. The molecular formula is C18H19NO3S. The SMILES string of the molecule is COC(=O)c1cc2c(CCO)c(-c3cc(C)cc(C)c3)[nH]c2s1. The minimum absolute atomic E-state index is 0.0636. The number of nitrogens with one attached hydrogen (secondary N) is 1. The molecule has 2 heterocycles. The Morgan fingerprint density at radius 3 is 2.52 bits per heavy atom. The third-order valence-electron chi connectivity index (χ3n) is 3.86. The van der Waals surface area contributed by atoms with Crippen LogP contribution >= 0.6 is 11.3 Å². The zero-order valence-electron chi connectivity index (χ0n) is 13.4. The van der Waals surface area contributed by atoms with Gasteiger partial charge in [-0.15, -0.1) is 11.3 Å². The lowest BCUT2D eigenvalue weighted by Gasteiger charge is -2.07. The van der Waals surface area contributed by atoms with Gasteiger partial charge >= 0.3 is 5.97 Å². The number of fused-ring (bicyclic) bond motifs is 1. The standard InChI is InChI=1S/C18H19NO3S/c1-10-6-11(2)8-12(7-10)16-13(4-5-20)14-9-15(18(21)22-3)23-17(14)19-16/h6-9,19-20H,4-5H2,1-3H3. The number of carbonyl (C=O) groups excluding carboxylic acids is 1. The highest BCUT2D eigenvalue weighted by atomic mass is 32.1. The number of rotatable bonds is 4. The summed E-state index contributed by atoms with van der Waals surface area (Å²) in [4.78, 5) is 16.6. The fourth-order valence-electron chi connectivity index (χ4n) is 2.97. The Morgan fingerprint density at radius 1 is 1.22 bits per heavy atom. The second kappa shape index (κ2) is 6.18. The number of aliphatic hydroxyl groups is 1. The van der Waals surface area contributed by atoms with Crippen molar-refractivity contribution in [3.63, 3.8) is 0 Å². The minimum atomic E-state index is -0.331. The summed E-state index contributed by atoms with van der Waals surface area (Å²) in [6.07, 6.45) is 0.541. The van der Waals surface area contributed by atoms with E-state index in [0.717, 1.165) is 27.0 Å². The quantitative estimate of drug-likeness (QED) is 0.715. The average Bonchev–Trinajstić information content (AvgIpc) is 3.05. The fraction of sp³-hybridized carbons (Fsp3) is 0.278. The lowest BCUT2D eigenvalue weighted by Crippen LogP contribution is -1.97. The molecule has 0 spiro atoms. The van der Waals surface area contributed by atoms with E-state index < -0.39 is 0 Å². The maximum Gasteiger partial charge on any atom is 0.348 e. The molecule has 0 aliphatic rings. The van der Waals surface area contributed by atoms with Crippen molar-refractivity contribution in [3.8, 4) is 11.3 Å². The molecule has 0 fully saturated rings. The van der Waals surface area contributed by atoms with Gasteiger partial charge in [-0.2, -0.15) is 0 Å². The second-order valence-corrected chi connectivity index (χ2v) is 6.73. The summed E-state index contributed by atoms with van der Waals surface area (Å²) in [5.41, 5.74) is 5.56. The number of aromatic nitrogens is 1. The molecule has 4 nitrogen and oxygen atoms in total. The van der Waals surface area contributed by atoms with E-state index in [-0.39, 0.29) is 12.6 Å². The molecule has 3 rings (SSSR count). The van der Waals surface area contributed by atoms with Crippen LogP contribution in [0.2, 0.25) is 0 Å². The Labute approximate surface area is 138 Å². The van der Waals surface area contributed by atoms with Gasteiger partial charge in [-0.25, -0.2) is 4.79 Å². The van der Waals surface area contributed by atoms with E-state index >= 15 is 0 Å². The van der Waals surface area contributed by atoms with Crippen LogP contribution in [0.3, 0.4) is 0 Å².